The van der Waals surface area contributed by atoms with Gasteiger partial charge in [-0.05, 0) is 26.3 Å². The Morgan fingerprint density at radius 3 is 2.62 bits per heavy atom. The summed E-state index contributed by atoms with van der Waals surface area (Å²) in [7, 11) is 0. The van der Waals surface area contributed by atoms with Gasteiger partial charge in [-0.25, -0.2) is 4.98 Å². The first-order chi connectivity index (χ1) is 11.5. The molecule has 1 saturated heterocycles. The number of nitrogens with zero attached hydrogens (tertiary/aromatic N) is 3. The van der Waals surface area contributed by atoms with Crippen LogP contribution in [0.2, 0.25) is 0 Å². The first-order valence-electron chi connectivity index (χ1n) is 8.65. The van der Waals surface area contributed by atoms with Gasteiger partial charge >= 0.3 is 0 Å². The Morgan fingerprint density at radius 2 is 2.00 bits per heavy atom. The molecule has 130 valence electrons. The Bertz CT molecular complexity index is 636. The highest BCUT2D eigenvalue weighted by Gasteiger charge is 2.26. The molecule has 0 unspecified atom stereocenters. The Morgan fingerprint density at radius 1 is 1.25 bits per heavy atom. The number of β-amino-alcohol motifs (C(OH)–C–C–N with tert-alkyl or cyclic N) is 1. The van der Waals surface area contributed by atoms with Gasteiger partial charge in [0, 0.05) is 32.2 Å². The summed E-state index contributed by atoms with van der Waals surface area (Å²) >= 11 is 0. The van der Waals surface area contributed by atoms with Crippen molar-refractivity contribution in [3.05, 3.63) is 53.2 Å². The molecule has 0 aliphatic carbocycles. The van der Waals surface area contributed by atoms with Gasteiger partial charge in [-0.15, -0.1) is 0 Å². The molecule has 2 aromatic rings. The summed E-state index contributed by atoms with van der Waals surface area (Å²) in [5.41, 5.74) is 1.96. The van der Waals surface area contributed by atoms with Crippen LogP contribution in [0.1, 0.15) is 35.9 Å². The molecule has 1 aliphatic rings. The Labute approximate surface area is 143 Å². The van der Waals surface area contributed by atoms with E-state index in [0.717, 1.165) is 49.1 Å². The zero-order valence-corrected chi connectivity index (χ0v) is 14.8. The molecule has 0 spiro atoms. The van der Waals surface area contributed by atoms with Crippen molar-refractivity contribution in [3.8, 4) is 0 Å². The summed E-state index contributed by atoms with van der Waals surface area (Å²) in [5, 5.41) is 10.4. The summed E-state index contributed by atoms with van der Waals surface area (Å²) in [6.45, 7) is 10.5. The number of hydrogen-bond donors (Lipinski definition) is 1. The van der Waals surface area contributed by atoms with Gasteiger partial charge in [-0.2, -0.15) is 0 Å². The minimum Gasteiger partial charge on any atom is -0.444 e. The molecule has 0 saturated carbocycles. The van der Waals surface area contributed by atoms with Crippen LogP contribution in [-0.4, -0.2) is 52.1 Å². The molecule has 0 radical (unpaired) electrons. The zero-order chi connectivity index (χ0) is 17.1. The molecule has 1 fully saturated rings. The van der Waals surface area contributed by atoms with Crippen LogP contribution in [0.15, 0.2) is 34.7 Å². The van der Waals surface area contributed by atoms with Crippen molar-refractivity contribution >= 4 is 0 Å². The van der Waals surface area contributed by atoms with E-state index in [4.69, 9.17) is 4.42 Å². The van der Waals surface area contributed by atoms with Gasteiger partial charge in [0.25, 0.3) is 0 Å². The molecule has 0 amide bonds. The predicted octanol–water partition coefficient (Wildman–Crippen LogP) is 2.53. The summed E-state index contributed by atoms with van der Waals surface area (Å²) in [4.78, 5) is 9.21. The number of aromatic nitrogens is 1. The van der Waals surface area contributed by atoms with Gasteiger partial charge < -0.3 is 9.52 Å². The van der Waals surface area contributed by atoms with E-state index in [1.54, 1.807) is 0 Å². The SMILES string of the molecule is Cc1nc(CN2CCN(C[C@@H](O)c3ccccc3)[C@H](C)C2)oc1C. The lowest BCUT2D eigenvalue weighted by molar-refractivity contribution is 0.0334. The van der Waals surface area contributed by atoms with E-state index >= 15 is 0 Å². The van der Waals surface area contributed by atoms with Gasteiger partial charge in [-0.1, -0.05) is 30.3 Å². The maximum absolute atomic E-state index is 10.4. The minimum absolute atomic E-state index is 0.397. The Hall–Kier alpha value is -1.69. The van der Waals surface area contributed by atoms with Crippen molar-refractivity contribution in [2.45, 2.75) is 39.5 Å². The Kier molecular flexibility index (Phi) is 5.33. The van der Waals surface area contributed by atoms with Gasteiger partial charge in [0.2, 0.25) is 5.89 Å². The summed E-state index contributed by atoms with van der Waals surface area (Å²) in [6, 6.07) is 10.3. The number of hydrogen-bond acceptors (Lipinski definition) is 5. The standard InChI is InChI=1S/C19H27N3O2/c1-14-11-21(13-19-20-15(2)16(3)24-19)9-10-22(14)12-18(23)17-7-5-4-6-8-17/h4-8,14,18,23H,9-13H2,1-3H3/t14-,18-/m1/s1. The van der Waals surface area contributed by atoms with E-state index in [0.29, 0.717) is 12.6 Å². The molecule has 1 N–H and O–H groups in total. The summed E-state index contributed by atoms with van der Waals surface area (Å²) in [6.07, 6.45) is -0.433. The maximum atomic E-state index is 10.4. The minimum atomic E-state index is -0.433. The van der Waals surface area contributed by atoms with E-state index < -0.39 is 6.10 Å². The van der Waals surface area contributed by atoms with Crippen LogP contribution in [-0.2, 0) is 6.54 Å². The molecule has 0 bridgehead atoms. The van der Waals surface area contributed by atoms with Crippen LogP contribution >= 0.6 is 0 Å². The number of aryl methyl sites for hydroxylation is 2. The normalized spacial score (nSPS) is 21.1. The number of benzene rings is 1. The van der Waals surface area contributed by atoms with Crippen LogP contribution in [0.4, 0.5) is 0 Å². The first-order valence-corrected chi connectivity index (χ1v) is 8.65. The third-order valence-corrected chi connectivity index (χ3v) is 4.87. The fourth-order valence-electron chi connectivity index (χ4n) is 3.29. The van der Waals surface area contributed by atoms with Crippen molar-refractivity contribution in [3.63, 3.8) is 0 Å². The highest BCUT2D eigenvalue weighted by Crippen LogP contribution is 2.19. The number of rotatable bonds is 5. The monoisotopic (exact) mass is 329 g/mol. The average molecular weight is 329 g/mol. The van der Waals surface area contributed by atoms with Gasteiger partial charge in [0.1, 0.15) is 5.76 Å². The lowest BCUT2D eigenvalue weighted by Gasteiger charge is -2.40. The second-order valence-corrected chi connectivity index (χ2v) is 6.75. The number of oxazole rings is 1. The van der Waals surface area contributed by atoms with Crippen LogP contribution in [0, 0.1) is 13.8 Å². The van der Waals surface area contributed by atoms with Crippen LogP contribution in [0.5, 0.6) is 0 Å². The third-order valence-electron chi connectivity index (χ3n) is 4.87. The molecule has 2 atom stereocenters. The smallest absolute Gasteiger partial charge is 0.208 e. The lowest BCUT2D eigenvalue weighted by Crippen LogP contribution is -2.52. The van der Waals surface area contributed by atoms with Crippen molar-refractivity contribution in [1.82, 2.24) is 14.8 Å². The largest absolute Gasteiger partial charge is 0.444 e. The molecular weight excluding hydrogens is 302 g/mol. The summed E-state index contributed by atoms with van der Waals surface area (Å²) < 4.78 is 5.70. The van der Waals surface area contributed by atoms with Crippen molar-refractivity contribution in [2.75, 3.05) is 26.2 Å². The predicted molar refractivity (Wildman–Crippen MR) is 93.7 cm³/mol. The second kappa shape index (κ2) is 7.47. The molecular formula is C19H27N3O2. The van der Waals surface area contributed by atoms with Gasteiger partial charge in [-0.3, -0.25) is 9.80 Å². The molecule has 2 heterocycles. The van der Waals surface area contributed by atoms with E-state index in [1.807, 2.05) is 44.2 Å². The fraction of sp³-hybridized carbons (Fsp3) is 0.526. The van der Waals surface area contributed by atoms with E-state index in [9.17, 15) is 5.11 Å². The number of aliphatic hydroxyl groups is 1. The highest BCUT2D eigenvalue weighted by atomic mass is 16.4. The van der Waals surface area contributed by atoms with Crippen LogP contribution in [0.3, 0.4) is 0 Å². The van der Waals surface area contributed by atoms with Gasteiger partial charge in [0.05, 0.1) is 18.3 Å². The van der Waals surface area contributed by atoms with Crippen molar-refractivity contribution < 1.29 is 9.52 Å². The second-order valence-electron chi connectivity index (χ2n) is 6.75. The molecule has 1 aliphatic heterocycles. The molecule has 1 aromatic carbocycles. The summed E-state index contributed by atoms with van der Waals surface area (Å²) in [5.74, 6) is 1.71. The Balaban J connectivity index is 1.53. The van der Waals surface area contributed by atoms with Crippen molar-refractivity contribution in [1.29, 1.82) is 0 Å². The lowest BCUT2D eigenvalue weighted by atomic mass is 10.1. The first kappa shape index (κ1) is 17.1. The highest BCUT2D eigenvalue weighted by molar-refractivity contribution is 5.17. The maximum Gasteiger partial charge on any atom is 0.208 e. The molecule has 5 nitrogen and oxygen atoms in total. The van der Waals surface area contributed by atoms with Crippen molar-refractivity contribution in [2.24, 2.45) is 0 Å². The molecule has 5 heteroatoms. The van der Waals surface area contributed by atoms with Crippen LogP contribution in [0.25, 0.3) is 0 Å². The van der Waals surface area contributed by atoms with E-state index in [-0.39, 0.29) is 0 Å². The zero-order valence-electron chi connectivity index (χ0n) is 14.8. The fourth-order valence-corrected chi connectivity index (χ4v) is 3.29. The quantitative estimate of drug-likeness (QED) is 0.913. The number of aliphatic hydroxyl groups excluding tert-OH is 1. The molecule has 1 aromatic heterocycles. The van der Waals surface area contributed by atoms with E-state index in [2.05, 4.69) is 21.7 Å². The molecule has 3 rings (SSSR count). The van der Waals surface area contributed by atoms with E-state index in [1.165, 1.54) is 0 Å². The topological polar surface area (TPSA) is 52.7 Å². The van der Waals surface area contributed by atoms with Crippen LogP contribution < -0.4 is 0 Å². The third kappa shape index (κ3) is 4.04. The van der Waals surface area contributed by atoms with Gasteiger partial charge in [0.15, 0.2) is 0 Å². The number of piperazine rings is 1. The molecule has 24 heavy (non-hydrogen) atoms. The average Bonchev–Trinajstić information content (AvgIpc) is 2.88.